The van der Waals surface area contributed by atoms with Crippen molar-refractivity contribution < 1.29 is 19.1 Å². The van der Waals surface area contributed by atoms with E-state index >= 15 is 0 Å². The van der Waals surface area contributed by atoms with Gasteiger partial charge in [-0.3, -0.25) is 4.79 Å². The minimum atomic E-state index is -0.779. The van der Waals surface area contributed by atoms with E-state index in [1.807, 2.05) is 71.9 Å². The fraction of sp³-hybridized carbons (Fsp3) is 0.636. The second kappa shape index (κ2) is 8.52. The molecule has 0 spiro atoms. The highest BCUT2D eigenvalue weighted by atomic mass is 16.6. The predicted octanol–water partition coefficient (Wildman–Crippen LogP) is 3.75. The minimum absolute atomic E-state index is 0.272. The predicted molar refractivity (Wildman–Crippen MR) is 109 cm³/mol. The number of nitrogens with zero attached hydrogens (tertiary/aromatic N) is 1. The lowest BCUT2D eigenvalue weighted by Gasteiger charge is -2.32. The summed E-state index contributed by atoms with van der Waals surface area (Å²) in [4.78, 5) is 27.1. The quantitative estimate of drug-likeness (QED) is 0.776. The van der Waals surface area contributed by atoms with Gasteiger partial charge in [-0.2, -0.15) is 0 Å². The van der Waals surface area contributed by atoms with Crippen molar-refractivity contribution in [2.24, 2.45) is 5.41 Å². The zero-order valence-corrected chi connectivity index (χ0v) is 18.0. The van der Waals surface area contributed by atoms with Crippen LogP contribution in [0.4, 0.5) is 4.79 Å². The number of amides is 1. The van der Waals surface area contributed by atoms with Gasteiger partial charge in [0.25, 0.3) is 0 Å². The van der Waals surface area contributed by atoms with Crippen LogP contribution in [0.1, 0.15) is 53.5 Å². The standard InChI is InChI=1S/C22H34N2O4/c1-20(2,3)27-18(25)22(15-23-14-17-10-8-7-9-11-17)12-13-24(16-22)19(26)28-21(4,5)6/h7-11,23H,12-16H2,1-6H3. The second-order valence-electron chi connectivity index (χ2n) is 9.52. The van der Waals surface area contributed by atoms with Crippen LogP contribution >= 0.6 is 0 Å². The average Bonchev–Trinajstić information content (AvgIpc) is 2.99. The molecule has 1 aromatic carbocycles. The van der Waals surface area contributed by atoms with Gasteiger partial charge in [0.05, 0.1) is 5.41 Å². The largest absolute Gasteiger partial charge is 0.459 e. The molecule has 2 rings (SSSR count). The van der Waals surface area contributed by atoms with Gasteiger partial charge in [0.15, 0.2) is 0 Å². The highest BCUT2D eigenvalue weighted by Gasteiger charge is 2.48. The maximum atomic E-state index is 13.0. The molecule has 0 aromatic heterocycles. The molecule has 1 N–H and O–H groups in total. The van der Waals surface area contributed by atoms with E-state index in [1.165, 1.54) is 0 Å². The molecule has 0 bridgehead atoms. The maximum absolute atomic E-state index is 13.0. The molecular weight excluding hydrogens is 356 g/mol. The van der Waals surface area contributed by atoms with E-state index in [2.05, 4.69) is 5.32 Å². The molecule has 1 unspecified atom stereocenters. The lowest BCUT2D eigenvalue weighted by atomic mass is 9.86. The summed E-state index contributed by atoms with van der Waals surface area (Å²) in [6, 6.07) is 10.0. The van der Waals surface area contributed by atoms with Crippen molar-refractivity contribution in [1.29, 1.82) is 0 Å². The first-order chi connectivity index (χ1) is 12.9. The molecule has 28 heavy (non-hydrogen) atoms. The molecule has 1 aliphatic rings. The first-order valence-corrected chi connectivity index (χ1v) is 9.86. The van der Waals surface area contributed by atoms with E-state index in [0.29, 0.717) is 32.6 Å². The molecule has 0 saturated carbocycles. The molecule has 1 atom stereocenters. The van der Waals surface area contributed by atoms with Crippen LogP contribution in [0.15, 0.2) is 30.3 Å². The van der Waals surface area contributed by atoms with Gasteiger partial charge in [-0.25, -0.2) is 4.79 Å². The van der Waals surface area contributed by atoms with E-state index in [9.17, 15) is 9.59 Å². The SMILES string of the molecule is CC(C)(C)OC(=O)N1CCC(CNCc2ccccc2)(C(=O)OC(C)(C)C)C1. The summed E-state index contributed by atoms with van der Waals surface area (Å²) in [5, 5.41) is 3.38. The molecular formula is C22H34N2O4. The van der Waals surface area contributed by atoms with E-state index < -0.39 is 16.6 Å². The van der Waals surface area contributed by atoms with Gasteiger partial charge in [0.1, 0.15) is 11.2 Å². The second-order valence-corrected chi connectivity index (χ2v) is 9.52. The normalized spacial score (nSPS) is 20.1. The summed E-state index contributed by atoms with van der Waals surface area (Å²) >= 11 is 0. The van der Waals surface area contributed by atoms with Crippen LogP contribution in [0.2, 0.25) is 0 Å². The van der Waals surface area contributed by atoms with Crippen LogP contribution in [-0.2, 0) is 20.8 Å². The fourth-order valence-corrected chi connectivity index (χ4v) is 3.17. The Morgan fingerprint density at radius 3 is 2.21 bits per heavy atom. The molecule has 1 saturated heterocycles. The van der Waals surface area contributed by atoms with Crippen LogP contribution in [0.25, 0.3) is 0 Å². The number of carbonyl (C=O) groups excluding carboxylic acids is 2. The molecule has 6 nitrogen and oxygen atoms in total. The van der Waals surface area contributed by atoms with Crippen molar-refractivity contribution in [2.45, 2.75) is 65.7 Å². The van der Waals surface area contributed by atoms with Gasteiger partial charge in [0.2, 0.25) is 0 Å². The monoisotopic (exact) mass is 390 g/mol. The van der Waals surface area contributed by atoms with Gasteiger partial charge in [-0.05, 0) is 53.5 Å². The Balaban J connectivity index is 2.09. The molecule has 1 aliphatic heterocycles. The molecule has 1 aromatic rings. The number of esters is 1. The number of benzene rings is 1. The van der Waals surface area contributed by atoms with Crippen LogP contribution in [0, 0.1) is 5.41 Å². The molecule has 0 radical (unpaired) electrons. The number of hydrogen-bond acceptors (Lipinski definition) is 5. The number of ether oxygens (including phenoxy) is 2. The van der Waals surface area contributed by atoms with Crippen LogP contribution in [0.5, 0.6) is 0 Å². The number of carbonyl (C=O) groups is 2. The van der Waals surface area contributed by atoms with Crippen molar-refractivity contribution >= 4 is 12.1 Å². The molecule has 1 fully saturated rings. The maximum Gasteiger partial charge on any atom is 0.410 e. The van der Waals surface area contributed by atoms with Crippen molar-refractivity contribution in [3.63, 3.8) is 0 Å². The Hall–Kier alpha value is -2.08. The highest BCUT2D eigenvalue weighted by Crippen LogP contribution is 2.34. The van der Waals surface area contributed by atoms with Gasteiger partial charge < -0.3 is 19.7 Å². The summed E-state index contributed by atoms with van der Waals surface area (Å²) in [7, 11) is 0. The van der Waals surface area contributed by atoms with Gasteiger partial charge >= 0.3 is 12.1 Å². The lowest BCUT2D eigenvalue weighted by Crippen LogP contribution is -2.47. The first-order valence-electron chi connectivity index (χ1n) is 9.86. The van der Waals surface area contributed by atoms with Gasteiger partial charge in [-0.15, -0.1) is 0 Å². The van der Waals surface area contributed by atoms with Crippen molar-refractivity contribution in [1.82, 2.24) is 10.2 Å². The van der Waals surface area contributed by atoms with Crippen LogP contribution in [-0.4, -0.2) is 47.8 Å². The van der Waals surface area contributed by atoms with Crippen LogP contribution in [0.3, 0.4) is 0 Å². The summed E-state index contributed by atoms with van der Waals surface area (Å²) in [5.41, 5.74) is -0.787. The zero-order chi connectivity index (χ0) is 21.0. The Labute approximate surface area is 168 Å². The topological polar surface area (TPSA) is 67.9 Å². The third kappa shape index (κ3) is 6.51. The lowest BCUT2D eigenvalue weighted by molar-refractivity contribution is -0.166. The number of likely N-dealkylation sites (tertiary alicyclic amines) is 1. The summed E-state index contributed by atoms with van der Waals surface area (Å²) in [5.74, 6) is -0.272. The van der Waals surface area contributed by atoms with Crippen molar-refractivity contribution in [3.8, 4) is 0 Å². The Morgan fingerprint density at radius 1 is 1.04 bits per heavy atom. The average molecular weight is 391 g/mol. The smallest absolute Gasteiger partial charge is 0.410 e. The third-order valence-electron chi connectivity index (χ3n) is 4.47. The number of nitrogens with one attached hydrogen (secondary N) is 1. The highest BCUT2D eigenvalue weighted by molar-refractivity contribution is 5.80. The Bertz CT molecular complexity index is 676. The van der Waals surface area contributed by atoms with E-state index in [0.717, 1.165) is 5.56 Å². The fourth-order valence-electron chi connectivity index (χ4n) is 3.17. The number of hydrogen-bond donors (Lipinski definition) is 1. The molecule has 1 amide bonds. The molecule has 0 aliphatic carbocycles. The van der Waals surface area contributed by atoms with E-state index in [1.54, 1.807) is 4.90 Å². The van der Waals surface area contributed by atoms with E-state index in [-0.39, 0.29) is 12.1 Å². The third-order valence-corrected chi connectivity index (χ3v) is 4.47. The molecule has 156 valence electrons. The van der Waals surface area contributed by atoms with Crippen LogP contribution < -0.4 is 5.32 Å². The Kier molecular flexibility index (Phi) is 6.75. The van der Waals surface area contributed by atoms with Crippen molar-refractivity contribution in [3.05, 3.63) is 35.9 Å². The molecule has 1 heterocycles. The first kappa shape index (κ1) is 22.2. The summed E-state index contributed by atoms with van der Waals surface area (Å²) < 4.78 is 11.2. The summed E-state index contributed by atoms with van der Waals surface area (Å²) in [6.07, 6.45) is 0.157. The van der Waals surface area contributed by atoms with Gasteiger partial charge in [-0.1, -0.05) is 30.3 Å². The summed E-state index contributed by atoms with van der Waals surface area (Å²) in [6.45, 7) is 12.9. The number of rotatable bonds is 5. The van der Waals surface area contributed by atoms with Gasteiger partial charge in [0, 0.05) is 26.2 Å². The molecule has 6 heteroatoms. The van der Waals surface area contributed by atoms with Crippen molar-refractivity contribution in [2.75, 3.05) is 19.6 Å². The minimum Gasteiger partial charge on any atom is -0.459 e. The zero-order valence-electron chi connectivity index (χ0n) is 18.0. The Morgan fingerprint density at radius 2 is 1.64 bits per heavy atom. The van der Waals surface area contributed by atoms with E-state index in [4.69, 9.17) is 9.47 Å².